The van der Waals surface area contributed by atoms with Crippen LogP contribution in [0.4, 0.5) is 5.69 Å². The van der Waals surface area contributed by atoms with E-state index < -0.39 is 27.3 Å². The van der Waals surface area contributed by atoms with Crippen molar-refractivity contribution in [3.8, 4) is 5.75 Å². The monoisotopic (exact) mass is 654 g/mol. The van der Waals surface area contributed by atoms with Gasteiger partial charge in [0.25, 0.3) is 5.91 Å². The molecule has 0 aromatic heterocycles. The van der Waals surface area contributed by atoms with Gasteiger partial charge in [0.05, 0.1) is 29.8 Å². The van der Waals surface area contributed by atoms with Crippen LogP contribution in [-0.4, -0.2) is 63.2 Å². The summed E-state index contributed by atoms with van der Waals surface area (Å²) >= 11 is 6.41. The first-order valence-electron chi connectivity index (χ1n) is 16.4. The summed E-state index contributed by atoms with van der Waals surface area (Å²) in [5.41, 5.74) is 3.30. The highest BCUT2D eigenvalue weighted by Gasteiger charge is 2.44. The minimum Gasteiger partial charge on any atom is -0.490 e. The molecule has 8 nitrogen and oxygen atoms in total. The normalized spacial score (nSPS) is 35.0. The molecule has 1 saturated heterocycles. The van der Waals surface area contributed by atoms with Crippen molar-refractivity contribution in [2.45, 2.75) is 81.2 Å². The molecule has 1 amide bonds. The first kappa shape index (κ1) is 31.0. The van der Waals surface area contributed by atoms with E-state index in [-0.39, 0.29) is 34.8 Å². The summed E-state index contributed by atoms with van der Waals surface area (Å²) in [5.74, 6) is 0.153. The molecule has 10 heteroatoms. The van der Waals surface area contributed by atoms with Crippen molar-refractivity contribution in [2.24, 2.45) is 17.8 Å². The number of rotatable bonds is 2. The van der Waals surface area contributed by atoms with Gasteiger partial charge < -0.3 is 19.5 Å². The summed E-state index contributed by atoms with van der Waals surface area (Å²) in [6.07, 6.45) is 9.55. The predicted octanol–water partition coefficient (Wildman–Crippen LogP) is 5.40. The number of hydrogen-bond acceptors (Lipinski definition) is 7. The molecule has 1 spiro atoms. The van der Waals surface area contributed by atoms with E-state index in [1.165, 1.54) is 11.1 Å². The fourth-order valence-electron chi connectivity index (χ4n) is 8.19. The van der Waals surface area contributed by atoms with E-state index in [0.717, 1.165) is 49.2 Å². The first-order valence-corrected chi connectivity index (χ1v) is 18.4. The minimum atomic E-state index is -4.02. The van der Waals surface area contributed by atoms with Gasteiger partial charge in [0.1, 0.15) is 5.75 Å². The maximum atomic E-state index is 13.7. The molecule has 2 aromatic carbocycles. The molecular formula is C35H43ClN2O6S. The summed E-state index contributed by atoms with van der Waals surface area (Å²) in [4.78, 5) is 16.0. The number of amides is 1. The highest BCUT2D eigenvalue weighted by molar-refractivity contribution is 7.90. The smallest absolute Gasteiger partial charge is 0.264 e. The number of sulfonamides is 1. The van der Waals surface area contributed by atoms with Crippen LogP contribution in [0.5, 0.6) is 5.75 Å². The number of aryl methyl sites for hydroxylation is 1. The van der Waals surface area contributed by atoms with Gasteiger partial charge in [-0.3, -0.25) is 4.79 Å². The lowest BCUT2D eigenvalue weighted by Gasteiger charge is -2.45. The Labute approximate surface area is 271 Å². The zero-order chi connectivity index (χ0) is 31.3. The van der Waals surface area contributed by atoms with Gasteiger partial charge in [-0.1, -0.05) is 36.7 Å². The summed E-state index contributed by atoms with van der Waals surface area (Å²) in [6, 6.07) is 11.4. The molecule has 0 radical (unpaired) electrons. The van der Waals surface area contributed by atoms with Gasteiger partial charge in [-0.2, -0.15) is 0 Å². The number of hydrogen-bond donors (Lipinski definition) is 2. The van der Waals surface area contributed by atoms with E-state index in [4.69, 9.17) is 21.1 Å². The van der Waals surface area contributed by atoms with Crippen molar-refractivity contribution >= 4 is 33.2 Å². The maximum Gasteiger partial charge on any atom is 0.264 e. The van der Waals surface area contributed by atoms with Crippen molar-refractivity contribution in [2.75, 3.05) is 31.2 Å². The SMILES string of the molecule is C[C@@H]1C/C=C/[C@H](O)[C@@H]2CC[C@H]2CN2C[C@@]3(CCCc4cc(Cl)ccc43)COc3ccc(cc32)C(=O)NS(=O)(=O)[C@H]1C[C@@H]1CCO1. The second kappa shape index (κ2) is 12.2. The van der Waals surface area contributed by atoms with E-state index in [1.54, 1.807) is 18.2 Å². The molecule has 0 unspecified atom stereocenters. The molecule has 45 heavy (non-hydrogen) atoms. The Balaban J connectivity index is 1.27. The zero-order valence-corrected chi connectivity index (χ0v) is 27.4. The molecule has 2 N–H and O–H groups in total. The largest absolute Gasteiger partial charge is 0.490 e. The third kappa shape index (κ3) is 6.01. The molecule has 5 aliphatic rings. The van der Waals surface area contributed by atoms with Crippen LogP contribution in [0.1, 0.15) is 73.4 Å². The lowest BCUT2D eigenvalue weighted by atomic mass is 9.68. The minimum absolute atomic E-state index is 0.111. The first-order chi connectivity index (χ1) is 21.6. The summed E-state index contributed by atoms with van der Waals surface area (Å²) in [5, 5.41) is 11.2. The van der Waals surface area contributed by atoms with Crippen LogP contribution in [0.25, 0.3) is 0 Å². The van der Waals surface area contributed by atoms with E-state index >= 15 is 0 Å². The van der Waals surface area contributed by atoms with Gasteiger partial charge in [0, 0.05) is 35.7 Å². The van der Waals surface area contributed by atoms with Gasteiger partial charge in [0.2, 0.25) is 10.0 Å². The van der Waals surface area contributed by atoms with Gasteiger partial charge in [-0.05, 0) is 111 Å². The van der Waals surface area contributed by atoms with Crippen LogP contribution in [0.3, 0.4) is 0 Å². The van der Waals surface area contributed by atoms with Crippen LogP contribution >= 0.6 is 11.6 Å². The zero-order valence-electron chi connectivity index (χ0n) is 25.8. The Hall–Kier alpha value is -2.59. The lowest BCUT2D eigenvalue weighted by molar-refractivity contribution is -0.0564. The second-order valence-electron chi connectivity index (χ2n) is 14.0. The number of halogens is 1. The van der Waals surface area contributed by atoms with Crippen molar-refractivity contribution in [1.82, 2.24) is 4.72 Å². The van der Waals surface area contributed by atoms with Gasteiger partial charge in [-0.15, -0.1) is 0 Å². The molecule has 2 aliphatic carbocycles. The summed E-state index contributed by atoms with van der Waals surface area (Å²) in [7, 11) is -4.02. The molecule has 242 valence electrons. The van der Waals surface area contributed by atoms with Crippen LogP contribution in [-0.2, 0) is 26.6 Å². The number of aliphatic hydroxyl groups is 1. The number of allylic oxidation sites excluding steroid dienone is 1. The number of carbonyl (C=O) groups excluding carboxylic acids is 1. The fourth-order valence-corrected chi connectivity index (χ4v) is 10.1. The highest BCUT2D eigenvalue weighted by Crippen LogP contribution is 2.47. The number of benzene rings is 2. The van der Waals surface area contributed by atoms with E-state index in [2.05, 4.69) is 21.8 Å². The molecule has 3 heterocycles. The average Bonchev–Trinajstić information content (AvgIpc) is 3.10. The molecule has 2 bridgehead atoms. The van der Waals surface area contributed by atoms with E-state index in [1.807, 2.05) is 25.1 Å². The number of anilines is 1. The molecule has 2 aromatic rings. The quantitative estimate of drug-likeness (QED) is 0.418. The van der Waals surface area contributed by atoms with E-state index in [0.29, 0.717) is 44.9 Å². The molecule has 2 fully saturated rings. The van der Waals surface area contributed by atoms with Crippen molar-refractivity contribution in [3.05, 3.63) is 70.3 Å². The van der Waals surface area contributed by atoms with Crippen molar-refractivity contribution in [1.29, 1.82) is 0 Å². The Morgan fingerprint density at radius 2 is 2.00 bits per heavy atom. The molecule has 1 saturated carbocycles. The van der Waals surface area contributed by atoms with Crippen LogP contribution in [0, 0.1) is 17.8 Å². The van der Waals surface area contributed by atoms with Crippen LogP contribution < -0.4 is 14.4 Å². The predicted molar refractivity (Wildman–Crippen MR) is 175 cm³/mol. The maximum absolute atomic E-state index is 13.7. The van der Waals surface area contributed by atoms with Gasteiger partial charge in [-0.25, -0.2) is 13.1 Å². The second-order valence-corrected chi connectivity index (χ2v) is 16.3. The van der Waals surface area contributed by atoms with Crippen molar-refractivity contribution < 1.29 is 27.8 Å². The number of fused-ring (bicyclic) bond motifs is 4. The number of carbonyl (C=O) groups is 1. The van der Waals surface area contributed by atoms with E-state index in [9.17, 15) is 18.3 Å². The van der Waals surface area contributed by atoms with Crippen molar-refractivity contribution in [3.63, 3.8) is 0 Å². The number of aliphatic hydroxyl groups excluding tert-OH is 1. The summed E-state index contributed by atoms with van der Waals surface area (Å²) in [6.45, 7) is 4.41. The molecule has 7 atom stereocenters. The standard InChI is InChI=1S/C35H43ClN2O6S/c1-22-4-2-6-31(39)28-10-7-25(28)19-38-20-35(14-3-5-23-16-26(36)9-11-29(23)35)21-44-32-12-8-24(17-30(32)38)34(40)37-45(41,42)33(22)18-27-13-15-43-27/h2,6,8-9,11-12,16-17,22,25,27-28,31,33,39H,3-5,7,10,13-15,18-21H2,1H3,(H,37,40)/b6-2+/t22-,25+,27+,28-,31+,33+,35+/m1/s1. The fraction of sp³-hybridized carbons (Fsp3) is 0.571. The van der Waals surface area contributed by atoms with Crippen LogP contribution in [0.15, 0.2) is 48.6 Å². The lowest BCUT2D eigenvalue weighted by Crippen LogP contribution is -2.49. The number of ether oxygens (including phenoxy) is 2. The third-order valence-corrected chi connectivity index (χ3v) is 13.2. The number of nitrogens with one attached hydrogen (secondary N) is 1. The topological polar surface area (TPSA) is 105 Å². The third-order valence-electron chi connectivity index (χ3n) is 11.1. The molecule has 3 aliphatic heterocycles. The molecule has 7 rings (SSSR count). The Bertz CT molecular complexity index is 1590. The summed E-state index contributed by atoms with van der Waals surface area (Å²) < 4.78 is 42.1. The highest BCUT2D eigenvalue weighted by atomic mass is 35.5. The van der Waals surface area contributed by atoms with Crippen LogP contribution in [0.2, 0.25) is 5.02 Å². The average molecular weight is 655 g/mol. The number of nitrogens with zero attached hydrogens (tertiary/aromatic N) is 1. The Kier molecular flexibility index (Phi) is 8.42. The van der Waals surface area contributed by atoms with Gasteiger partial charge in [0.15, 0.2) is 0 Å². The Morgan fingerprint density at radius 1 is 1.16 bits per heavy atom. The Morgan fingerprint density at radius 3 is 2.76 bits per heavy atom. The van der Waals surface area contributed by atoms with Gasteiger partial charge >= 0.3 is 0 Å². The molecular weight excluding hydrogens is 612 g/mol.